The van der Waals surface area contributed by atoms with E-state index in [0.29, 0.717) is 35.9 Å². The van der Waals surface area contributed by atoms with Gasteiger partial charge in [0.25, 0.3) is 0 Å². The zero-order valence-electron chi connectivity index (χ0n) is 14.5. The van der Waals surface area contributed by atoms with E-state index in [1.54, 1.807) is 0 Å². The summed E-state index contributed by atoms with van der Waals surface area (Å²) >= 11 is 0. The summed E-state index contributed by atoms with van der Waals surface area (Å²) in [6, 6.07) is 0. The molecule has 0 aromatic carbocycles. The standard InChI is InChI=1S/C20H34O2/c1-18(13-22)7-3-8-19(2)16(18)6-9-20-10-14(4-5-17(19)20)15(11-20)12-21/h14-17,21-22H,3-13H2,1-2H3/t14-,15-,16-,17+,18+,19-,20+/m1/s1. The van der Waals surface area contributed by atoms with E-state index < -0.39 is 0 Å². The molecule has 0 unspecified atom stereocenters. The smallest absolute Gasteiger partial charge is 0.0487 e. The molecule has 2 heteroatoms. The molecule has 4 rings (SSSR count). The third-order valence-electron chi connectivity index (χ3n) is 8.99. The number of rotatable bonds is 2. The SMILES string of the molecule is C[C@@]1(CO)CCC[C@]2(C)[C@@H]1CC[C@@]13C[C@@H](CC[C@H]12)[C@@H](CO)C3. The molecule has 0 aromatic heterocycles. The largest absolute Gasteiger partial charge is 0.396 e. The molecule has 0 saturated heterocycles. The Morgan fingerprint density at radius 1 is 0.909 bits per heavy atom. The summed E-state index contributed by atoms with van der Waals surface area (Å²) in [5.74, 6) is 2.93. The fraction of sp³-hybridized carbons (Fsp3) is 1.00. The third-order valence-corrected chi connectivity index (χ3v) is 8.99. The highest BCUT2D eigenvalue weighted by Crippen LogP contribution is 2.72. The van der Waals surface area contributed by atoms with Crippen molar-refractivity contribution in [3.05, 3.63) is 0 Å². The molecule has 2 nitrogen and oxygen atoms in total. The number of hydrogen-bond acceptors (Lipinski definition) is 2. The Bertz CT molecular complexity index is 449. The first-order chi connectivity index (χ1) is 10.5. The first-order valence-electron chi connectivity index (χ1n) is 9.69. The van der Waals surface area contributed by atoms with Crippen LogP contribution in [0, 0.1) is 39.9 Å². The third kappa shape index (κ3) is 1.86. The zero-order valence-corrected chi connectivity index (χ0v) is 14.5. The minimum absolute atomic E-state index is 0.153. The van der Waals surface area contributed by atoms with Crippen molar-refractivity contribution in [3.63, 3.8) is 0 Å². The van der Waals surface area contributed by atoms with Crippen LogP contribution in [0.4, 0.5) is 0 Å². The molecule has 22 heavy (non-hydrogen) atoms. The van der Waals surface area contributed by atoms with E-state index in [9.17, 15) is 10.2 Å². The Labute approximate surface area is 135 Å². The van der Waals surface area contributed by atoms with Crippen LogP contribution in [-0.4, -0.2) is 23.4 Å². The van der Waals surface area contributed by atoms with Gasteiger partial charge in [0.2, 0.25) is 0 Å². The normalized spacial score (nSPS) is 57.3. The van der Waals surface area contributed by atoms with E-state index in [4.69, 9.17) is 0 Å². The first kappa shape index (κ1) is 15.4. The van der Waals surface area contributed by atoms with Crippen LogP contribution in [0.2, 0.25) is 0 Å². The lowest BCUT2D eigenvalue weighted by Crippen LogP contribution is -2.57. The van der Waals surface area contributed by atoms with Crippen LogP contribution in [0.25, 0.3) is 0 Å². The summed E-state index contributed by atoms with van der Waals surface area (Å²) in [6.07, 6.45) is 12.0. The molecule has 1 spiro atoms. The summed E-state index contributed by atoms with van der Waals surface area (Å²) < 4.78 is 0. The molecule has 4 fully saturated rings. The van der Waals surface area contributed by atoms with Crippen LogP contribution in [0.5, 0.6) is 0 Å². The van der Waals surface area contributed by atoms with Crippen molar-refractivity contribution in [3.8, 4) is 0 Å². The molecule has 126 valence electrons. The van der Waals surface area contributed by atoms with Crippen LogP contribution in [0.1, 0.15) is 71.6 Å². The minimum atomic E-state index is 0.153. The Hall–Kier alpha value is -0.0800. The van der Waals surface area contributed by atoms with E-state index in [1.807, 2.05) is 0 Å². The first-order valence-corrected chi connectivity index (χ1v) is 9.69. The van der Waals surface area contributed by atoms with Gasteiger partial charge in [-0.15, -0.1) is 0 Å². The second kappa shape index (κ2) is 4.96. The van der Waals surface area contributed by atoms with Crippen LogP contribution in [-0.2, 0) is 0 Å². The van der Waals surface area contributed by atoms with Crippen molar-refractivity contribution in [1.29, 1.82) is 0 Å². The Balaban J connectivity index is 1.69. The van der Waals surface area contributed by atoms with E-state index in [2.05, 4.69) is 13.8 Å². The molecule has 4 saturated carbocycles. The second-order valence-electron chi connectivity index (χ2n) is 9.87. The monoisotopic (exact) mass is 306 g/mol. The summed E-state index contributed by atoms with van der Waals surface area (Å²) in [5.41, 5.74) is 1.12. The van der Waals surface area contributed by atoms with Gasteiger partial charge in [-0.1, -0.05) is 20.3 Å². The van der Waals surface area contributed by atoms with Gasteiger partial charge in [0, 0.05) is 13.2 Å². The predicted octanol–water partition coefficient (Wildman–Crippen LogP) is 4.00. The zero-order chi connectivity index (χ0) is 15.6. The van der Waals surface area contributed by atoms with Gasteiger partial charge in [0.15, 0.2) is 0 Å². The highest BCUT2D eigenvalue weighted by molar-refractivity contribution is 5.13. The molecule has 7 atom stereocenters. The highest BCUT2D eigenvalue weighted by atomic mass is 16.3. The van der Waals surface area contributed by atoms with Gasteiger partial charge in [0.05, 0.1) is 0 Å². The predicted molar refractivity (Wildman–Crippen MR) is 88.3 cm³/mol. The van der Waals surface area contributed by atoms with Gasteiger partial charge < -0.3 is 10.2 Å². The maximum Gasteiger partial charge on any atom is 0.0487 e. The second-order valence-corrected chi connectivity index (χ2v) is 9.87. The van der Waals surface area contributed by atoms with Crippen molar-refractivity contribution >= 4 is 0 Å². The highest BCUT2D eigenvalue weighted by Gasteiger charge is 2.64. The van der Waals surface area contributed by atoms with Gasteiger partial charge in [-0.2, -0.15) is 0 Å². The van der Waals surface area contributed by atoms with Gasteiger partial charge in [-0.05, 0) is 91.3 Å². The van der Waals surface area contributed by atoms with Crippen LogP contribution in [0.3, 0.4) is 0 Å². The maximum absolute atomic E-state index is 10.1. The average Bonchev–Trinajstić information content (AvgIpc) is 2.77. The minimum Gasteiger partial charge on any atom is -0.396 e. The molecule has 0 aromatic rings. The summed E-state index contributed by atoms with van der Waals surface area (Å²) in [7, 11) is 0. The summed E-state index contributed by atoms with van der Waals surface area (Å²) in [6.45, 7) is 5.70. The van der Waals surface area contributed by atoms with Crippen molar-refractivity contribution in [1.82, 2.24) is 0 Å². The van der Waals surface area contributed by atoms with Crippen molar-refractivity contribution < 1.29 is 10.2 Å². The van der Waals surface area contributed by atoms with Gasteiger partial charge in [0.1, 0.15) is 0 Å². The Morgan fingerprint density at radius 3 is 2.45 bits per heavy atom. The number of aliphatic hydroxyl groups is 2. The molecule has 2 bridgehead atoms. The quantitative estimate of drug-likeness (QED) is 0.809. The number of hydrogen-bond donors (Lipinski definition) is 2. The lowest BCUT2D eigenvalue weighted by atomic mass is 9.41. The van der Waals surface area contributed by atoms with Gasteiger partial charge in [-0.25, -0.2) is 0 Å². The van der Waals surface area contributed by atoms with Crippen LogP contribution >= 0.6 is 0 Å². The van der Waals surface area contributed by atoms with Crippen molar-refractivity contribution in [2.75, 3.05) is 13.2 Å². The lowest BCUT2D eigenvalue weighted by molar-refractivity contribution is -0.159. The molecule has 0 radical (unpaired) electrons. The Morgan fingerprint density at radius 2 is 1.73 bits per heavy atom. The summed E-state index contributed by atoms with van der Waals surface area (Å²) in [5, 5.41) is 19.9. The molecular weight excluding hydrogens is 272 g/mol. The van der Waals surface area contributed by atoms with Crippen molar-refractivity contribution in [2.45, 2.75) is 71.6 Å². The molecule has 4 aliphatic rings. The van der Waals surface area contributed by atoms with Crippen molar-refractivity contribution in [2.24, 2.45) is 39.9 Å². The van der Waals surface area contributed by atoms with Gasteiger partial charge in [-0.3, -0.25) is 0 Å². The van der Waals surface area contributed by atoms with Crippen LogP contribution in [0.15, 0.2) is 0 Å². The van der Waals surface area contributed by atoms with E-state index in [-0.39, 0.29) is 5.41 Å². The molecule has 4 aliphatic carbocycles. The molecule has 0 heterocycles. The number of aliphatic hydroxyl groups excluding tert-OH is 2. The topological polar surface area (TPSA) is 40.5 Å². The van der Waals surface area contributed by atoms with E-state index in [0.717, 1.165) is 11.8 Å². The molecular formula is C20H34O2. The summed E-state index contributed by atoms with van der Waals surface area (Å²) in [4.78, 5) is 0. The number of fused-ring (bicyclic) bond motifs is 3. The van der Waals surface area contributed by atoms with E-state index in [1.165, 1.54) is 57.8 Å². The molecule has 0 amide bonds. The van der Waals surface area contributed by atoms with E-state index >= 15 is 0 Å². The molecule has 2 N–H and O–H groups in total. The van der Waals surface area contributed by atoms with Gasteiger partial charge >= 0.3 is 0 Å². The maximum atomic E-state index is 10.1. The fourth-order valence-corrected chi connectivity index (χ4v) is 8.13. The fourth-order valence-electron chi connectivity index (χ4n) is 8.13. The van der Waals surface area contributed by atoms with Crippen LogP contribution < -0.4 is 0 Å². The Kier molecular flexibility index (Phi) is 3.48. The average molecular weight is 306 g/mol. The lowest BCUT2D eigenvalue weighted by Gasteiger charge is -2.64. The molecule has 0 aliphatic heterocycles.